The fourth-order valence-electron chi connectivity index (χ4n) is 4.21. The number of hydrogen-bond acceptors (Lipinski definition) is 18. The number of aliphatic hydroxyl groups excluding tert-OH is 11. The van der Waals surface area contributed by atoms with Gasteiger partial charge in [0.15, 0.2) is 18.4 Å². The van der Waals surface area contributed by atoms with E-state index in [0.717, 1.165) is 0 Å². The third kappa shape index (κ3) is 8.55. The third-order valence-corrected chi connectivity index (χ3v) is 8.06. The van der Waals surface area contributed by atoms with E-state index in [1.165, 1.54) is 6.92 Å². The summed E-state index contributed by atoms with van der Waals surface area (Å²) >= 11 is 0. The van der Waals surface area contributed by atoms with Gasteiger partial charge in [-0.25, -0.2) is 0 Å². The van der Waals surface area contributed by atoms with Crippen molar-refractivity contribution in [1.29, 1.82) is 0 Å². The van der Waals surface area contributed by atoms with E-state index in [2.05, 4.69) is 0 Å². The van der Waals surface area contributed by atoms with Gasteiger partial charge in [0.1, 0.15) is 78.5 Å². The monoisotopic (exact) mass is 626 g/mol. The standard InChI is InChI=1S/C21H38O19S/c1-2-9(41(34,35)36)13(27)17(31)14(28)10(24)6(23)4-37-20-19(33)16(30)12(26)8(40-20)5-38-21-18(32)15(29)11(25)7(3-22)39-21/h6-12,14-26,28-33H,2-5H2,1H3,(H,34,35,36)/t6-,7-,8-,9?,10-,11-,12-,14+,15+,16+,17+,18-,19-,20+,21+/m1/s1. The Morgan fingerprint density at radius 2 is 1.27 bits per heavy atom. The second-order valence-electron chi connectivity index (χ2n) is 9.69. The molecule has 2 heterocycles. The molecule has 0 aromatic heterocycles. The molecule has 0 radical (unpaired) electrons. The van der Waals surface area contributed by atoms with E-state index in [4.69, 9.17) is 23.5 Å². The molecule has 2 saturated heterocycles. The van der Waals surface area contributed by atoms with Crippen molar-refractivity contribution in [1.82, 2.24) is 0 Å². The van der Waals surface area contributed by atoms with Crippen LogP contribution in [0.5, 0.6) is 0 Å². The summed E-state index contributed by atoms with van der Waals surface area (Å²) in [6.45, 7) is -1.23. The van der Waals surface area contributed by atoms with Crippen molar-refractivity contribution in [3.8, 4) is 0 Å². The summed E-state index contributed by atoms with van der Waals surface area (Å²) in [6.07, 6.45) is -27.2. The van der Waals surface area contributed by atoms with Crippen LogP contribution in [-0.2, 0) is 33.9 Å². The summed E-state index contributed by atoms with van der Waals surface area (Å²) in [5.74, 6) is -1.56. The Morgan fingerprint density at radius 1 is 0.780 bits per heavy atom. The van der Waals surface area contributed by atoms with Gasteiger partial charge in [-0.2, -0.15) is 8.42 Å². The van der Waals surface area contributed by atoms with Crippen LogP contribution in [0.2, 0.25) is 0 Å². The zero-order valence-electron chi connectivity index (χ0n) is 21.6. The second-order valence-corrected chi connectivity index (χ2v) is 11.3. The number of ether oxygens (including phenoxy) is 4. The quantitative estimate of drug-likeness (QED) is 0.0796. The lowest BCUT2D eigenvalue weighted by molar-refractivity contribution is -0.333. The molecule has 2 aliphatic rings. The minimum atomic E-state index is -4.95. The minimum absolute atomic E-state index is 0.477. The van der Waals surface area contributed by atoms with Gasteiger partial charge in [0.2, 0.25) is 0 Å². The van der Waals surface area contributed by atoms with Crippen molar-refractivity contribution in [2.45, 2.75) is 104 Å². The Morgan fingerprint density at radius 3 is 1.76 bits per heavy atom. The molecule has 41 heavy (non-hydrogen) atoms. The van der Waals surface area contributed by atoms with E-state index in [1.54, 1.807) is 0 Å². The maximum atomic E-state index is 12.2. The van der Waals surface area contributed by atoms with Crippen molar-refractivity contribution in [2.24, 2.45) is 0 Å². The fourth-order valence-corrected chi connectivity index (χ4v) is 5.06. The van der Waals surface area contributed by atoms with E-state index in [0.29, 0.717) is 0 Å². The molecule has 0 bridgehead atoms. The third-order valence-electron chi connectivity index (χ3n) is 6.78. The van der Waals surface area contributed by atoms with E-state index in [-0.39, 0.29) is 0 Å². The Kier molecular flexibility index (Phi) is 13.3. The molecule has 0 aromatic carbocycles. The molecule has 19 nitrogen and oxygen atoms in total. The Balaban J connectivity index is 1.99. The van der Waals surface area contributed by atoms with Gasteiger partial charge in [0.05, 0.1) is 19.8 Å². The zero-order chi connectivity index (χ0) is 31.4. The van der Waals surface area contributed by atoms with Crippen molar-refractivity contribution >= 4 is 15.9 Å². The minimum Gasteiger partial charge on any atom is -0.394 e. The summed E-state index contributed by atoms with van der Waals surface area (Å²) in [5, 5.41) is 108. The van der Waals surface area contributed by atoms with Gasteiger partial charge in [-0.05, 0) is 6.42 Å². The number of ketones is 1. The van der Waals surface area contributed by atoms with Gasteiger partial charge in [0, 0.05) is 0 Å². The van der Waals surface area contributed by atoms with Crippen LogP contribution in [0.15, 0.2) is 0 Å². The first kappa shape index (κ1) is 36.2. The van der Waals surface area contributed by atoms with Crippen molar-refractivity contribution in [2.75, 3.05) is 19.8 Å². The predicted molar refractivity (Wildman–Crippen MR) is 127 cm³/mol. The maximum absolute atomic E-state index is 12.2. The van der Waals surface area contributed by atoms with Crippen LogP contribution in [0.3, 0.4) is 0 Å². The van der Waals surface area contributed by atoms with Crippen LogP contribution in [0.25, 0.3) is 0 Å². The largest absolute Gasteiger partial charge is 0.394 e. The van der Waals surface area contributed by atoms with Crippen molar-refractivity contribution < 1.29 is 92.9 Å². The lowest BCUT2D eigenvalue weighted by atomic mass is 9.97. The first-order valence-electron chi connectivity index (χ1n) is 12.4. The summed E-state index contributed by atoms with van der Waals surface area (Å²) in [5.41, 5.74) is 0. The molecule has 0 amide bonds. The van der Waals surface area contributed by atoms with Gasteiger partial charge in [-0.15, -0.1) is 0 Å². The summed E-state index contributed by atoms with van der Waals surface area (Å²) in [7, 11) is -4.95. The lowest BCUT2D eigenvalue weighted by Crippen LogP contribution is -2.62. The van der Waals surface area contributed by atoms with Gasteiger partial charge in [0.25, 0.3) is 10.1 Å². The van der Waals surface area contributed by atoms with Crippen LogP contribution >= 0.6 is 0 Å². The van der Waals surface area contributed by atoms with Crippen LogP contribution in [0.4, 0.5) is 0 Å². The first-order valence-corrected chi connectivity index (χ1v) is 13.9. The summed E-state index contributed by atoms with van der Waals surface area (Å²) in [4.78, 5) is 12.2. The molecule has 2 fully saturated rings. The average Bonchev–Trinajstić information content (AvgIpc) is 2.92. The highest BCUT2D eigenvalue weighted by Crippen LogP contribution is 2.26. The van der Waals surface area contributed by atoms with Crippen LogP contribution in [-0.4, -0.2) is 186 Å². The number of Topliss-reactive ketones (excluding diaryl/α,β-unsaturated/α-hetero) is 1. The van der Waals surface area contributed by atoms with E-state index >= 15 is 0 Å². The normalized spacial score (nSPS) is 38.6. The SMILES string of the molecule is CCC(C(=O)[C@H](O)[C@@H](O)[C@H](O)[C@H](O)CO[C@H]1O[C@H](CO[C@H]2O[C@H](CO)[C@@H](O)[C@H](O)[C@H]2O)[C@@H](O)[C@H](O)[C@H]1O)S(=O)(=O)O. The van der Waals surface area contributed by atoms with E-state index < -0.39 is 133 Å². The zero-order valence-corrected chi connectivity index (χ0v) is 22.4. The van der Waals surface area contributed by atoms with Crippen molar-refractivity contribution in [3.05, 3.63) is 0 Å². The molecule has 12 N–H and O–H groups in total. The van der Waals surface area contributed by atoms with Crippen LogP contribution in [0, 0.1) is 0 Å². The average molecular weight is 627 g/mol. The Labute approximate surface area is 233 Å². The van der Waals surface area contributed by atoms with E-state index in [1.807, 2.05) is 0 Å². The molecular weight excluding hydrogens is 588 g/mol. The predicted octanol–water partition coefficient (Wildman–Crippen LogP) is -7.69. The molecule has 1 unspecified atom stereocenters. The number of rotatable bonds is 14. The molecule has 0 aliphatic carbocycles. The molecule has 20 heteroatoms. The highest BCUT2D eigenvalue weighted by Gasteiger charge is 2.48. The Hall–Kier alpha value is -1.02. The summed E-state index contributed by atoms with van der Waals surface area (Å²) < 4.78 is 52.5. The summed E-state index contributed by atoms with van der Waals surface area (Å²) in [6, 6.07) is 0. The van der Waals surface area contributed by atoms with Gasteiger partial charge < -0.3 is 75.1 Å². The van der Waals surface area contributed by atoms with Crippen molar-refractivity contribution in [3.63, 3.8) is 0 Å². The molecule has 0 spiro atoms. The first-order chi connectivity index (χ1) is 19.0. The molecule has 15 atom stereocenters. The molecule has 2 aliphatic heterocycles. The molecule has 242 valence electrons. The number of hydrogen-bond donors (Lipinski definition) is 12. The van der Waals surface area contributed by atoms with E-state index in [9.17, 15) is 69.4 Å². The van der Waals surface area contributed by atoms with Crippen LogP contribution < -0.4 is 0 Å². The maximum Gasteiger partial charge on any atom is 0.275 e. The molecule has 2 rings (SSSR count). The molecule has 0 aromatic rings. The number of aliphatic hydroxyl groups is 11. The fraction of sp³-hybridized carbons (Fsp3) is 0.952. The van der Waals surface area contributed by atoms with Gasteiger partial charge >= 0.3 is 0 Å². The molecular formula is C21H38O19S. The van der Waals surface area contributed by atoms with Crippen LogP contribution in [0.1, 0.15) is 13.3 Å². The lowest BCUT2D eigenvalue weighted by Gasteiger charge is -2.42. The highest BCUT2D eigenvalue weighted by atomic mass is 32.2. The highest BCUT2D eigenvalue weighted by molar-refractivity contribution is 7.87. The smallest absolute Gasteiger partial charge is 0.275 e. The topological polar surface area (TPSA) is 331 Å². The number of carbonyl (C=O) groups excluding carboxylic acids is 1. The number of carbonyl (C=O) groups is 1. The Bertz CT molecular complexity index is 934. The van der Waals surface area contributed by atoms with Gasteiger partial charge in [-0.3, -0.25) is 9.35 Å². The second kappa shape index (κ2) is 15.1. The van der Waals surface area contributed by atoms with Gasteiger partial charge in [-0.1, -0.05) is 6.92 Å². The molecule has 0 saturated carbocycles.